The number of ether oxygens (including phenoxy) is 1. The largest absolute Gasteiger partial charge is 0.488 e. The molecular formula is C19H19N5O3. The highest BCUT2D eigenvalue weighted by atomic mass is 16.5. The number of fused-ring (bicyclic) bond motifs is 1. The number of likely N-dealkylation sites (tertiary alicyclic amines) is 1. The Morgan fingerprint density at radius 1 is 1.22 bits per heavy atom. The highest BCUT2D eigenvalue weighted by Gasteiger charge is 2.26. The molecule has 8 heteroatoms. The molecule has 138 valence electrons. The zero-order valence-corrected chi connectivity index (χ0v) is 14.6. The summed E-state index contributed by atoms with van der Waals surface area (Å²) in [5, 5.41) is 0. The third kappa shape index (κ3) is 3.59. The van der Waals surface area contributed by atoms with Crippen LogP contribution in [0.3, 0.4) is 0 Å². The number of aromatic nitrogens is 3. The van der Waals surface area contributed by atoms with Gasteiger partial charge >= 0.3 is 0 Å². The third-order valence-corrected chi connectivity index (χ3v) is 4.62. The summed E-state index contributed by atoms with van der Waals surface area (Å²) in [6.45, 7) is 1.16. The number of benzene rings is 1. The van der Waals surface area contributed by atoms with E-state index in [1.165, 1.54) is 12.3 Å². The third-order valence-electron chi connectivity index (χ3n) is 4.62. The lowest BCUT2D eigenvalue weighted by Crippen LogP contribution is -2.44. The molecule has 1 fully saturated rings. The van der Waals surface area contributed by atoms with Crippen molar-refractivity contribution in [2.45, 2.75) is 18.9 Å². The van der Waals surface area contributed by atoms with Gasteiger partial charge in [0, 0.05) is 24.4 Å². The molecule has 4 rings (SSSR count). The first-order valence-corrected chi connectivity index (χ1v) is 8.75. The molecule has 2 amide bonds. The molecule has 1 unspecified atom stereocenters. The molecule has 3 N–H and O–H groups in total. The summed E-state index contributed by atoms with van der Waals surface area (Å²) < 4.78 is 5.96. The van der Waals surface area contributed by atoms with E-state index in [1.807, 2.05) is 12.1 Å². The normalized spacial score (nSPS) is 17.0. The average molecular weight is 365 g/mol. The minimum atomic E-state index is -0.602. The molecule has 3 aromatic rings. The predicted molar refractivity (Wildman–Crippen MR) is 98.4 cm³/mol. The van der Waals surface area contributed by atoms with E-state index < -0.39 is 5.91 Å². The van der Waals surface area contributed by atoms with Crippen LogP contribution in [0.5, 0.6) is 5.75 Å². The van der Waals surface area contributed by atoms with Crippen molar-refractivity contribution < 1.29 is 14.3 Å². The van der Waals surface area contributed by atoms with Gasteiger partial charge in [0.05, 0.1) is 23.9 Å². The summed E-state index contributed by atoms with van der Waals surface area (Å²) in [6, 6.07) is 8.64. The molecule has 0 spiro atoms. The van der Waals surface area contributed by atoms with Crippen LogP contribution in [0.25, 0.3) is 11.0 Å². The molecule has 1 atom stereocenters. The molecule has 0 radical (unpaired) electrons. The average Bonchev–Trinajstić information content (AvgIpc) is 3.15. The zero-order valence-electron chi connectivity index (χ0n) is 14.6. The van der Waals surface area contributed by atoms with Gasteiger partial charge in [0.1, 0.15) is 17.5 Å². The second-order valence-corrected chi connectivity index (χ2v) is 6.51. The smallest absolute Gasteiger partial charge is 0.267 e. The fraction of sp³-hybridized carbons (Fsp3) is 0.263. The van der Waals surface area contributed by atoms with Gasteiger partial charge in [0.15, 0.2) is 0 Å². The van der Waals surface area contributed by atoms with E-state index in [9.17, 15) is 9.59 Å². The molecule has 3 heterocycles. The van der Waals surface area contributed by atoms with E-state index in [4.69, 9.17) is 10.5 Å². The molecule has 27 heavy (non-hydrogen) atoms. The topological polar surface area (TPSA) is 114 Å². The van der Waals surface area contributed by atoms with E-state index in [0.29, 0.717) is 24.4 Å². The molecular weight excluding hydrogens is 346 g/mol. The highest BCUT2D eigenvalue weighted by molar-refractivity contribution is 5.97. The lowest BCUT2D eigenvalue weighted by molar-refractivity contribution is 0.0538. The van der Waals surface area contributed by atoms with Crippen molar-refractivity contribution in [1.29, 1.82) is 0 Å². The number of pyridine rings is 1. The van der Waals surface area contributed by atoms with Crippen LogP contribution in [0.4, 0.5) is 0 Å². The number of nitrogens with zero attached hydrogens (tertiary/aromatic N) is 3. The van der Waals surface area contributed by atoms with Gasteiger partial charge in [-0.15, -0.1) is 0 Å². The Morgan fingerprint density at radius 3 is 2.96 bits per heavy atom. The van der Waals surface area contributed by atoms with Crippen LogP contribution in [-0.4, -0.2) is 50.9 Å². The Balaban J connectivity index is 1.46. The van der Waals surface area contributed by atoms with Crippen LogP contribution >= 0.6 is 0 Å². The summed E-state index contributed by atoms with van der Waals surface area (Å²) >= 11 is 0. The first-order valence-electron chi connectivity index (χ1n) is 8.75. The Kier molecular flexibility index (Phi) is 4.45. The molecule has 1 saturated heterocycles. The van der Waals surface area contributed by atoms with Crippen molar-refractivity contribution in [2.24, 2.45) is 5.73 Å². The van der Waals surface area contributed by atoms with Crippen molar-refractivity contribution in [2.75, 3.05) is 13.1 Å². The van der Waals surface area contributed by atoms with Crippen molar-refractivity contribution in [3.63, 3.8) is 0 Å². The maximum Gasteiger partial charge on any atom is 0.267 e. The highest BCUT2D eigenvalue weighted by Crippen LogP contribution is 2.21. The number of hydrogen-bond acceptors (Lipinski definition) is 5. The van der Waals surface area contributed by atoms with Gasteiger partial charge in [-0.2, -0.15) is 0 Å². The van der Waals surface area contributed by atoms with Crippen LogP contribution in [0.2, 0.25) is 0 Å². The van der Waals surface area contributed by atoms with E-state index in [-0.39, 0.29) is 17.7 Å². The van der Waals surface area contributed by atoms with Gasteiger partial charge < -0.3 is 20.4 Å². The molecule has 0 aliphatic carbocycles. The number of piperidine rings is 1. The van der Waals surface area contributed by atoms with Gasteiger partial charge in [0.25, 0.3) is 11.8 Å². The van der Waals surface area contributed by atoms with Crippen LogP contribution in [-0.2, 0) is 0 Å². The Hall–Kier alpha value is -3.42. The number of amides is 2. The SMILES string of the molecule is NC(=O)c1cc(OC2CCCN(C(=O)c3ccc4nc[nH]c4c3)C2)ccn1. The Morgan fingerprint density at radius 2 is 2.11 bits per heavy atom. The number of rotatable bonds is 4. The monoisotopic (exact) mass is 365 g/mol. The second kappa shape index (κ2) is 7.06. The number of hydrogen-bond donors (Lipinski definition) is 2. The van der Waals surface area contributed by atoms with Gasteiger partial charge in [-0.05, 0) is 37.1 Å². The molecule has 2 aromatic heterocycles. The summed E-state index contributed by atoms with van der Waals surface area (Å²) in [5.41, 5.74) is 7.69. The lowest BCUT2D eigenvalue weighted by Gasteiger charge is -2.33. The Bertz CT molecular complexity index is 1000. The number of nitrogens with two attached hydrogens (primary N) is 1. The maximum atomic E-state index is 12.9. The minimum Gasteiger partial charge on any atom is -0.488 e. The quantitative estimate of drug-likeness (QED) is 0.731. The van der Waals surface area contributed by atoms with E-state index in [0.717, 1.165) is 23.9 Å². The zero-order chi connectivity index (χ0) is 18.8. The minimum absolute atomic E-state index is 0.0349. The first-order chi connectivity index (χ1) is 13.1. The second-order valence-electron chi connectivity index (χ2n) is 6.51. The van der Waals surface area contributed by atoms with Crippen LogP contribution in [0.15, 0.2) is 42.9 Å². The van der Waals surface area contributed by atoms with E-state index in [1.54, 1.807) is 23.4 Å². The summed E-state index contributed by atoms with van der Waals surface area (Å²) in [7, 11) is 0. The molecule has 1 aromatic carbocycles. The standard InChI is InChI=1S/C19H19N5O3/c20-18(25)17-9-13(5-6-21-17)27-14-2-1-7-24(10-14)19(26)12-3-4-15-16(8-12)23-11-22-15/h3-6,8-9,11,14H,1-2,7,10H2,(H2,20,25)(H,22,23). The molecule has 0 bridgehead atoms. The van der Waals surface area contributed by atoms with Crippen molar-refractivity contribution in [3.8, 4) is 5.75 Å². The van der Waals surface area contributed by atoms with Gasteiger partial charge in [-0.25, -0.2) is 4.98 Å². The van der Waals surface area contributed by atoms with Crippen molar-refractivity contribution in [3.05, 3.63) is 54.1 Å². The number of aromatic amines is 1. The molecule has 8 nitrogen and oxygen atoms in total. The number of H-pyrrole nitrogens is 1. The van der Waals surface area contributed by atoms with E-state index >= 15 is 0 Å². The number of carbonyl (C=O) groups excluding carboxylic acids is 2. The van der Waals surface area contributed by atoms with E-state index in [2.05, 4.69) is 15.0 Å². The Labute approximate surface area is 155 Å². The number of nitrogens with one attached hydrogen (secondary N) is 1. The first kappa shape index (κ1) is 17.0. The lowest BCUT2D eigenvalue weighted by atomic mass is 10.1. The van der Waals surface area contributed by atoms with Gasteiger partial charge in [-0.3, -0.25) is 14.6 Å². The fourth-order valence-electron chi connectivity index (χ4n) is 3.28. The van der Waals surface area contributed by atoms with Gasteiger partial charge in [0.2, 0.25) is 0 Å². The van der Waals surface area contributed by atoms with Crippen LogP contribution in [0, 0.1) is 0 Å². The maximum absolute atomic E-state index is 12.9. The van der Waals surface area contributed by atoms with Crippen LogP contribution in [0.1, 0.15) is 33.7 Å². The number of imidazole rings is 1. The summed E-state index contributed by atoms with van der Waals surface area (Å²) in [5.74, 6) is -0.112. The molecule has 1 aliphatic rings. The van der Waals surface area contributed by atoms with Crippen molar-refractivity contribution in [1.82, 2.24) is 19.9 Å². The fourth-order valence-corrected chi connectivity index (χ4v) is 3.28. The summed E-state index contributed by atoms with van der Waals surface area (Å²) in [4.78, 5) is 37.0. The predicted octanol–water partition coefficient (Wildman–Crippen LogP) is 1.74. The number of primary amides is 1. The van der Waals surface area contributed by atoms with Crippen molar-refractivity contribution >= 4 is 22.8 Å². The summed E-state index contributed by atoms with van der Waals surface area (Å²) in [6.07, 6.45) is 4.62. The van der Waals surface area contributed by atoms with Crippen LogP contribution < -0.4 is 10.5 Å². The molecule has 0 saturated carbocycles. The number of carbonyl (C=O) groups is 2. The molecule has 1 aliphatic heterocycles. The van der Waals surface area contributed by atoms with Gasteiger partial charge in [-0.1, -0.05) is 0 Å².